The normalized spacial score (nSPS) is 12.5. The van der Waals surface area contributed by atoms with Crippen molar-refractivity contribution in [1.29, 1.82) is 0 Å². The van der Waals surface area contributed by atoms with Crippen LogP contribution in [0.2, 0.25) is 0 Å². The lowest BCUT2D eigenvalue weighted by molar-refractivity contribution is 0.200. The van der Waals surface area contributed by atoms with Crippen molar-refractivity contribution in [2.45, 2.75) is 5.38 Å². The lowest BCUT2D eigenvalue weighted by atomic mass is 10.4. The molecule has 14 heavy (non-hydrogen) atoms. The van der Waals surface area contributed by atoms with Gasteiger partial charge in [0.2, 0.25) is 0 Å². The molecule has 1 atom stereocenters. The molecule has 0 spiro atoms. The molecule has 1 aromatic heterocycles. The van der Waals surface area contributed by atoms with E-state index in [9.17, 15) is 0 Å². The smallest absolute Gasteiger partial charge is 0.143 e. The summed E-state index contributed by atoms with van der Waals surface area (Å²) in [6.45, 7) is 1.11. The largest absolute Gasteiger partial charge is 0.383 e. The predicted octanol–water partition coefficient (Wildman–Crippen LogP) is 1.90. The Morgan fingerprint density at radius 3 is 3.14 bits per heavy atom. The van der Waals surface area contributed by atoms with Gasteiger partial charge < -0.3 is 10.1 Å². The standard InChI is InChI=1S/C8H11BrClN3O/c1-14-4-6(10)2-12-8-7(9)3-11-5-13-8/h3,5-6H,2,4H2,1H3,(H,11,12,13). The highest BCUT2D eigenvalue weighted by molar-refractivity contribution is 9.10. The van der Waals surface area contributed by atoms with Gasteiger partial charge in [-0.1, -0.05) is 0 Å². The SMILES string of the molecule is COCC(Cl)CNc1ncncc1Br. The van der Waals surface area contributed by atoms with Crippen LogP contribution in [-0.2, 0) is 4.74 Å². The van der Waals surface area contributed by atoms with Crippen LogP contribution in [0.5, 0.6) is 0 Å². The molecule has 0 amide bonds. The van der Waals surface area contributed by atoms with Crippen molar-refractivity contribution >= 4 is 33.3 Å². The topological polar surface area (TPSA) is 47.0 Å². The molecular formula is C8H11BrClN3O. The number of anilines is 1. The van der Waals surface area contributed by atoms with Crippen LogP contribution >= 0.6 is 27.5 Å². The number of hydrogen-bond donors (Lipinski definition) is 1. The fourth-order valence-corrected chi connectivity index (χ4v) is 1.45. The van der Waals surface area contributed by atoms with Gasteiger partial charge in [-0.15, -0.1) is 11.6 Å². The first-order chi connectivity index (χ1) is 6.74. The number of ether oxygens (including phenoxy) is 1. The summed E-state index contributed by atoms with van der Waals surface area (Å²) in [6.07, 6.45) is 3.15. The Hall–Kier alpha value is -0.390. The van der Waals surface area contributed by atoms with Crippen molar-refractivity contribution in [3.8, 4) is 0 Å². The van der Waals surface area contributed by atoms with Gasteiger partial charge in [0.15, 0.2) is 0 Å². The third-order valence-corrected chi connectivity index (χ3v) is 2.37. The lowest BCUT2D eigenvalue weighted by Crippen LogP contribution is -2.19. The van der Waals surface area contributed by atoms with E-state index >= 15 is 0 Å². The van der Waals surface area contributed by atoms with Gasteiger partial charge >= 0.3 is 0 Å². The molecule has 0 bridgehead atoms. The van der Waals surface area contributed by atoms with Crippen LogP contribution < -0.4 is 5.32 Å². The average Bonchev–Trinajstić information content (AvgIpc) is 2.17. The summed E-state index contributed by atoms with van der Waals surface area (Å²) in [7, 11) is 1.62. The Bertz CT molecular complexity index is 287. The number of rotatable bonds is 5. The zero-order valence-corrected chi connectivity index (χ0v) is 10.0. The molecule has 1 heterocycles. The van der Waals surface area contributed by atoms with Crippen LogP contribution in [0.3, 0.4) is 0 Å². The molecule has 0 saturated carbocycles. The van der Waals surface area contributed by atoms with Gasteiger partial charge in [0.1, 0.15) is 12.1 Å². The monoisotopic (exact) mass is 279 g/mol. The Morgan fingerprint density at radius 2 is 2.50 bits per heavy atom. The van der Waals surface area contributed by atoms with E-state index in [2.05, 4.69) is 31.2 Å². The minimum atomic E-state index is -0.0677. The van der Waals surface area contributed by atoms with Crippen molar-refractivity contribution < 1.29 is 4.74 Å². The van der Waals surface area contributed by atoms with Crippen LogP contribution in [0.1, 0.15) is 0 Å². The Morgan fingerprint density at radius 1 is 1.71 bits per heavy atom. The Balaban J connectivity index is 2.41. The first-order valence-corrected chi connectivity index (χ1v) is 5.29. The molecule has 0 radical (unpaired) electrons. The summed E-state index contributed by atoms with van der Waals surface area (Å²) in [5.41, 5.74) is 0. The molecule has 1 rings (SSSR count). The van der Waals surface area contributed by atoms with E-state index in [-0.39, 0.29) is 5.38 Å². The number of nitrogens with zero attached hydrogens (tertiary/aromatic N) is 2. The molecule has 0 saturated heterocycles. The van der Waals surface area contributed by atoms with Crippen LogP contribution in [-0.4, -0.2) is 35.6 Å². The van der Waals surface area contributed by atoms with Crippen molar-refractivity contribution in [1.82, 2.24) is 9.97 Å². The minimum absolute atomic E-state index is 0.0677. The van der Waals surface area contributed by atoms with Gasteiger partial charge in [-0.3, -0.25) is 0 Å². The lowest BCUT2D eigenvalue weighted by Gasteiger charge is -2.10. The highest BCUT2D eigenvalue weighted by atomic mass is 79.9. The van der Waals surface area contributed by atoms with Crippen molar-refractivity contribution in [3.05, 3.63) is 17.0 Å². The van der Waals surface area contributed by atoms with Gasteiger partial charge in [-0.2, -0.15) is 0 Å². The molecule has 1 aromatic rings. The second kappa shape index (κ2) is 6.16. The molecule has 1 unspecified atom stereocenters. The van der Waals surface area contributed by atoms with Gasteiger partial charge in [0.25, 0.3) is 0 Å². The molecule has 0 aliphatic carbocycles. The summed E-state index contributed by atoms with van der Waals surface area (Å²) in [4.78, 5) is 7.89. The van der Waals surface area contributed by atoms with E-state index < -0.39 is 0 Å². The van der Waals surface area contributed by atoms with E-state index in [1.165, 1.54) is 6.33 Å². The van der Waals surface area contributed by atoms with Crippen LogP contribution in [0.4, 0.5) is 5.82 Å². The van der Waals surface area contributed by atoms with Crippen LogP contribution in [0, 0.1) is 0 Å². The number of alkyl halides is 1. The number of nitrogens with one attached hydrogen (secondary N) is 1. The van der Waals surface area contributed by atoms with Crippen molar-refractivity contribution in [2.24, 2.45) is 0 Å². The third-order valence-electron chi connectivity index (χ3n) is 1.51. The molecular weight excluding hydrogens is 269 g/mol. The highest BCUT2D eigenvalue weighted by Gasteiger charge is 2.05. The molecule has 78 valence electrons. The molecule has 6 heteroatoms. The maximum absolute atomic E-state index is 5.94. The summed E-state index contributed by atoms with van der Waals surface area (Å²) in [5.74, 6) is 0.738. The van der Waals surface area contributed by atoms with E-state index in [1.54, 1.807) is 13.3 Å². The van der Waals surface area contributed by atoms with E-state index in [4.69, 9.17) is 16.3 Å². The summed E-state index contributed by atoms with van der Waals surface area (Å²) >= 11 is 9.26. The Labute approximate surface area is 96.2 Å². The van der Waals surface area contributed by atoms with Gasteiger partial charge in [0.05, 0.1) is 16.5 Å². The second-order valence-corrected chi connectivity index (χ2v) is 4.12. The summed E-state index contributed by atoms with van der Waals surface area (Å²) in [5, 5.41) is 3.02. The molecule has 0 aromatic carbocycles. The highest BCUT2D eigenvalue weighted by Crippen LogP contribution is 2.17. The summed E-state index contributed by atoms with van der Waals surface area (Å²) < 4.78 is 5.73. The van der Waals surface area contributed by atoms with Gasteiger partial charge in [-0.25, -0.2) is 9.97 Å². The zero-order valence-electron chi connectivity index (χ0n) is 7.70. The van der Waals surface area contributed by atoms with Gasteiger partial charge in [0, 0.05) is 19.9 Å². The number of hydrogen-bond acceptors (Lipinski definition) is 4. The van der Waals surface area contributed by atoms with Crippen molar-refractivity contribution in [2.75, 3.05) is 25.6 Å². The van der Waals surface area contributed by atoms with Crippen LogP contribution in [0.25, 0.3) is 0 Å². The maximum atomic E-state index is 5.94. The maximum Gasteiger partial charge on any atom is 0.143 e. The Kier molecular flexibility index (Phi) is 5.14. The fraction of sp³-hybridized carbons (Fsp3) is 0.500. The quantitative estimate of drug-likeness (QED) is 0.837. The fourth-order valence-electron chi connectivity index (χ4n) is 0.890. The number of aromatic nitrogens is 2. The van der Waals surface area contributed by atoms with E-state index in [0.717, 1.165) is 10.3 Å². The van der Waals surface area contributed by atoms with Crippen LogP contribution in [0.15, 0.2) is 17.0 Å². The molecule has 0 fully saturated rings. The van der Waals surface area contributed by atoms with Crippen molar-refractivity contribution in [3.63, 3.8) is 0 Å². The molecule has 1 N–H and O–H groups in total. The zero-order chi connectivity index (χ0) is 10.4. The van der Waals surface area contributed by atoms with E-state index in [0.29, 0.717) is 13.2 Å². The first-order valence-electron chi connectivity index (χ1n) is 4.06. The first kappa shape index (κ1) is 11.7. The summed E-state index contributed by atoms with van der Waals surface area (Å²) in [6, 6.07) is 0. The second-order valence-electron chi connectivity index (χ2n) is 2.65. The molecule has 0 aliphatic heterocycles. The number of methoxy groups -OCH3 is 1. The minimum Gasteiger partial charge on any atom is -0.383 e. The van der Waals surface area contributed by atoms with Gasteiger partial charge in [-0.05, 0) is 15.9 Å². The predicted molar refractivity (Wildman–Crippen MR) is 59.7 cm³/mol. The number of halogens is 2. The molecule has 0 aliphatic rings. The third kappa shape index (κ3) is 3.77. The van der Waals surface area contributed by atoms with E-state index in [1.807, 2.05) is 0 Å². The molecule has 4 nitrogen and oxygen atoms in total. The average molecular weight is 281 g/mol.